The third-order valence-electron chi connectivity index (χ3n) is 3.07. The van der Waals surface area contributed by atoms with Gasteiger partial charge in [0.2, 0.25) is 0 Å². The van der Waals surface area contributed by atoms with Crippen molar-refractivity contribution in [3.63, 3.8) is 0 Å². The number of H-pyrrole nitrogens is 1. The first-order valence-electron chi connectivity index (χ1n) is 5.45. The van der Waals surface area contributed by atoms with Crippen LogP contribution in [0.5, 0.6) is 0 Å². The molecule has 2 N–H and O–H groups in total. The van der Waals surface area contributed by atoms with E-state index >= 15 is 0 Å². The van der Waals surface area contributed by atoms with Gasteiger partial charge < -0.3 is 10.0 Å². The largest absolute Gasteiger partial charge is 0.394 e. The van der Waals surface area contributed by atoms with Crippen LogP contribution in [0.1, 0.15) is 6.42 Å². The molecule has 2 aromatic heterocycles. The average Bonchev–Trinajstić information content (AvgIpc) is 2.93. The molecule has 2 aromatic rings. The molecule has 7 heteroatoms. The van der Waals surface area contributed by atoms with Gasteiger partial charge in [0.1, 0.15) is 18.3 Å². The van der Waals surface area contributed by atoms with Crippen molar-refractivity contribution in [3.8, 4) is 0 Å². The number of aromatic amines is 1. The Morgan fingerprint density at radius 3 is 3.24 bits per heavy atom. The van der Waals surface area contributed by atoms with Gasteiger partial charge in [-0.3, -0.25) is 5.10 Å². The molecule has 0 radical (unpaired) electrons. The first-order valence-corrected chi connectivity index (χ1v) is 5.45. The fraction of sp³-hybridized carbons (Fsp3) is 0.500. The predicted octanol–water partition coefficient (Wildman–Crippen LogP) is 0.262. The number of nitrogens with zero attached hydrogens (tertiary/aromatic N) is 4. The Labute approximate surface area is 96.5 Å². The van der Waals surface area contributed by atoms with E-state index in [9.17, 15) is 9.50 Å². The Morgan fingerprint density at radius 2 is 2.41 bits per heavy atom. The number of hydrogen-bond acceptors (Lipinski definition) is 5. The van der Waals surface area contributed by atoms with E-state index in [4.69, 9.17) is 0 Å². The number of anilines is 1. The lowest BCUT2D eigenvalue weighted by Gasteiger charge is -2.23. The maximum Gasteiger partial charge on any atom is 0.160 e. The zero-order chi connectivity index (χ0) is 11.8. The predicted molar refractivity (Wildman–Crippen MR) is 59.4 cm³/mol. The molecule has 0 bridgehead atoms. The molecule has 0 unspecified atom stereocenters. The highest BCUT2D eigenvalue weighted by Gasteiger charge is 2.33. The lowest BCUT2D eigenvalue weighted by molar-refractivity contribution is 0.255. The molecule has 1 fully saturated rings. The number of rotatable bonds is 2. The highest BCUT2D eigenvalue weighted by molar-refractivity contribution is 5.86. The number of aliphatic hydroxyl groups is 1. The third kappa shape index (κ3) is 1.62. The van der Waals surface area contributed by atoms with Crippen LogP contribution in [0.2, 0.25) is 0 Å². The normalized spacial score (nSPS) is 24.7. The molecule has 90 valence electrons. The van der Waals surface area contributed by atoms with Gasteiger partial charge in [-0.2, -0.15) is 5.10 Å². The average molecular weight is 237 g/mol. The van der Waals surface area contributed by atoms with Crippen LogP contribution in [0.3, 0.4) is 0 Å². The van der Waals surface area contributed by atoms with Crippen LogP contribution in [0, 0.1) is 0 Å². The zero-order valence-corrected chi connectivity index (χ0v) is 9.04. The first kappa shape index (κ1) is 10.4. The van der Waals surface area contributed by atoms with Crippen LogP contribution in [0.25, 0.3) is 11.0 Å². The summed E-state index contributed by atoms with van der Waals surface area (Å²) in [5, 5.41) is 16.6. The van der Waals surface area contributed by atoms with Crippen molar-refractivity contribution in [1.82, 2.24) is 20.2 Å². The molecule has 3 heterocycles. The summed E-state index contributed by atoms with van der Waals surface area (Å²) < 4.78 is 13.4. The van der Waals surface area contributed by atoms with E-state index < -0.39 is 6.17 Å². The Balaban J connectivity index is 2.05. The van der Waals surface area contributed by atoms with Gasteiger partial charge in [0.25, 0.3) is 0 Å². The molecule has 6 nitrogen and oxygen atoms in total. The minimum Gasteiger partial charge on any atom is -0.394 e. The molecule has 1 saturated heterocycles. The van der Waals surface area contributed by atoms with Crippen LogP contribution in [0.15, 0.2) is 12.5 Å². The summed E-state index contributed by atoms with van der Waals surface area (Å²) in [4.78, 5) is 9.98. The molecular formula is C10H12FN5O. The van der Waals surface area contributed by atoms with Gasteiger partial charge >= 0.3 is 0 Å². The van der Waals surface area contributed by atoms with E-state index in [-0.39, 0.29) is 19.2 Å². The molecular weight excluding hydrogens is 225 g/mol. The maximum atomic E-state index is 13.4. The van der Waals surface area contributed by atoms with Gasteiger partial charge in [-0.15, -0.1) is 0 Å². The molecule has 0 aliphatic carbocycles. The van der Waals surface area contributed by atoms with Crippen molar-refractivity contribution in [2.24, 2.45) is 0 Å². The Morgan fingerprint density at radius 1 is 1.53 bits per heavy atom. The van der Waals surface area contributed by atoms with Gasteiger partial charge in [-0.05, 0) is 0 Å². The number of halogens is 1. The summed E-state index contributed by atoms with van der Waals surface area (Å²) in [6.07, 6.45) is 2.43. The molecule has 0 aromatic carbocycles. The summed E-state index contributed by atoms with van der Waals surface area (Å²) in [6, 6.07) is -0.224. The number of aliphatic hydroxyl groups excluding tert-OH is 1. The number of fused-ring (bicyclic) bond motifs is 1. The highest BCUT2D eigenvalue weighted by atomic mass is 19.1. The fourth-order valence-electron chi connectivity index (χ4n) is 2.27. The van der Waals surface area contributed by atoms with Crippen LogP contribution < -0.4 is 4.90 Å². The van der Waals surface area contributed by atoms with Crippen molar-refractivity contribution < 1.29 is 9.50 Å². The smallest absolute Gasteiger partial charge is 0.160 e. The summed E-state index contributed by atoms with van der Waals surface area (Å²) >= 11 is 0. The molecule has 17 heavy (non-hydrogen) atoms. The Kier molecular flexibility index (Phi) is 2.40. The van der Waals surface area contributed by atoms with E-state index in [0.29, 0.717) is 17.9 Å². The molecule has 3 rings (SSSR count). The van der Waals surface area contributed by atoms with Crippen molar-refractivity contribution in [3.05, 3.63) is 12.5 Å². The van der Waals surface area contributed by atoms with Gasteiger partial charge in [-0.1, -0.05) is 0 Å². The summed E-state index contributed by atoms with van der Waals surface area (Å²) in [5.74, 6) is 0.628. The van der Waals surface area contributed by atoms with Crippen molar-refractivity contribution >= 4 is 16.9 Å². The first-order chi connectivity index (χ1) is 8.29. The highest BCUT2D eigenvalue weighted by Crippen LogP contribution is 2.29. The van der Waals surface area contributed by atoms with Crippen LogP contribution in [-0.2, 0) is 0 Å². The Bertz CT molecular complexity index is 530. The maximum absolute atomic E-state index is 13.4. The van der Waals surface area contributed by atoms with Gasteiger partial charge in [0, 0.05) is 6.42 Å². The van der Waals surface area contributed by atoms with E-state index in [1.54, 1.807) is 11.1 Å². The number of hydrogen-bond donors (Lipinski definition) is 2. The molecule has 0 spiro atoms. The standard InChI is InChI=1S/C10H12FN5O/c11-6-1-7(4-17)16(3-6)10-8-2-14-15-9(8)12-5-13-10/h2,5-7,17H,1,3-4H2,(H,12,13,14,15)/t6-,7-/m0/s1. The summed E-state index contributed by atoms with van der Waals surface area (Å²) in [5.41, 5.74) is 0.619. The molecule has 2 atom stereocenters. The number of aromatic nitrogens is 4. The van der Waals surface area contributed by atoms with Gasteiger partial charge in [0.05, 0.1) is 30.8 Å². The van der Waals surface area contributed by atoms with E-state index in [0.717, 1.165) is 5.39 Å². The Hall–Kier alpha value is -1.76. The quantitative estimate of drug-likeness (QED) is 0.783. The fourth-order valence-corrected chi connectivity index (χ4v) is 2.27. The molecule has 0 saturated carbocycles. The second-order valence-electron chi connectivity index (χ2n) is 4.15. The topological polar surface area (TPSA) is 77.9 Å². The molecule has 0 amide bonds. The molecule has 1 aliphatic heterocycles. The lowest BCUT2D eigenvalue weighted by Crippen LogP contribution is -2.33. The number of alkyl halides is 1. The second-order valence-corrected chi connectivity index (χ2v) is 4.15. The van der Waals surface area contributed by atoms with Crippen LogP contribution in [-0.4, -0.2) is 50.6 Å². The van der Waals surface area contributed by atoms with E-state index in [1.807, 2.05) is 0 Å². The minimum absolute atomic E-state index is 0.0796. The molecule has 1 aliphatic rings. The van der Waals surface area contributed by atoms with E-state index in [2.05, 4.69) is 20.2 Å². The van der Waals surface area contributed by atoms with Gasteiger partial charge in [-0.25, -0.2) is 14.4 Å². The van der Waals surface area contributed by atoms with Crippen LogP contribution in [0.4, 0.5) is 10.2 Å². The SMILES string of the molecule is OC[C@@H]1C[C@H](F)CN1c1ncnc2[nH]ncc12. The van der Waals surface area contributed by atoms with Crippen molar-refractivity contribution in [2.75, 3.05) is 18.1 Å². The van der Waals surface area contributed by atoms with Crippen molar-refractivity contribution in [2.45, 2.75) is 18.6 Å². The lowest BCUT2D eigenvalue weighted by atomic mass is 10.2. The van der Waals surface area contributed by atoms with E-state index in [1.165, 1.54) is 6.33 Å². The zero-order valence-electron chi connectivity index (χ0n) is 9.04. The van der Waals surface area contributed by atoms with Crippen molar-refractivity contribution in [1.29, 1.82) is 0 Å². The second kappa shape index (κ2) is 3.92. The minimum atomic E-state index is -0.927. The summed E-state index contributed by atoms with van der Waals surface area (Å²) in [6.45, 7) is 0.173. The van der Waals surface area contributed by atoms with Gasteiger partial charge in [0.15, 0.2) is 5.65 Å². The monoisotopic (exact) mass is 237 g/mol. The summed E-state index contributed by atoms with van der Waals surface area (Å²) in [7, 11) is 0. The van der Waals surface area contributed by atoms with Crippen LogP contribution >= 0.6 is 0 Å². The third-order valence-corrected chi connectivity index (χ3v) is 3.07. The number of nitrogens with one attached hydrogen (secondary N) is 1.